The minimum absolute atomic E-state index is 0.204. The van der Waals surface area contributed by atoms with E-state index in [1.54, 1.807) is 0 Å². The molecule has 1 amide bonds. The SMILES string of the molecule is CC(CCN)C1CCNC(=O)C1. The van der Waals surface area contributed by atoms with E-state index in [1.807, 2.05) is 0 Å². The lowest BCUT2D eigenvalue weighted by atomic mass is 9.84. The average Bonchev–Trinajstić information content (AvgIpc) is 2.05. The molecule has 3 heteroatoms. The molecule has 0 spiro atoms. The van der Waals surface area contributed by atoms with Crippen molar-refractivity contribution in [2.24, 2.45) is 17.6 Å². The van der Waals surface area contributed by atoms with Crippen molar-refractivity contribution < 1.29 is 4.79 Å². The number of nitrogens with two attached hydrogens (primary N) is 1. The maximum absolute atomic E-state index is 11.0. The second kappa shape index (κ2) is 4.45. The maximum Gasteiger partial charge on any atom is 0.220 e. The van der Waals surface area contributed by atoms with Crippen LogP contribution in [0.15, 0.2) is 0 Å². The highest BCUT2D eigenvalue weighted by Crippen LogP contribution is 2.23. The standard InChI is InChI=1S/C9H18N2O/c1-7(2-4-10)8-3-5-11-9(12)6-8/h7-8H,2-6,10H2,1H3,(H,11,12). The first-order valence-electron chi connectivity index (χ1n) is 4.70. The predicted octanol–water partition coefficient (Wildman–Crippen LogP) is 0.497. The Morgan fingerprint density at radius 2 is 2.50 bits per heavy atom. The number of carbonyl (C=O) groups is 1. The Labute approximate surface area is 73.7 Å². The van der Waals surface area contributed by atoms with Gasteiger partial charge in [0.25, 0.3) is 0 Å². The molecule has 0 saturated carbocycles. The molecule has 0 radical (unpaired) electrons. The molecule has 0 aromatic carbocycles. The normalized spacial score (nSPS) is 26.5. The summed E-state index contributed by atoms with van der Waals surface area (Å²) in [5, 5.41) is 2.84. The van der Waals surface area contributed by atoms with E-state index in [-0.39, 0.29) is 5.91 Å². The van der Waals surface area contributed by atoms with Gasteiger partial charge in [0.05, 0.1) is 0 Å². The summed E-state index contributed by atoms with van der Waals surface area (Å²) in [4.78, 5) is 11.0. The number of hydrogen-bond acceptors (Lipinski definition) is 2. The Hall–Kier alpha value is -0.570. The van der Waals surface area contributed by atoms with Gasteiger partial charge < -0.3 is 11.1 Å². The fraction of sp³-hybridized carbons (Fsp3) is 0.889. The van der Waals surface area contributed by atoms with Gasteiger partial charge in [-0.3, -0.25) is 4.79 Å². The summed E-state index contributed by atoms with van der Waals surface area (Å²) in [5.74, 6) is 1.36. The topological polar surface area (TPSA) is 55.1 Å². The van der Waals surface area contributed by atoms with Crippen molar-refractivity contribution in [3.63, 3.8) is 0 Å². The number of hydrogen-bond donors (Lipinski definition) is 2. The van der Waals surface area contributed by atoms with Gasteiger partial charge in [-0.15, -0.1) is 0 Å². The third kappa shape index (κ3) is 2.48. The van der Waals surface area contributed by atoms with E-state index in [1.165, 1.54) is 0 Å². The third-order valence-electron chi connectivity index (χ3n) is 2.71. The fourth-order valence-corrected chi connectivity index (χ4v) is 1.79. The van der Waals surface area contributed by atoms with Crippen LogP contribution < -0.4 is 11.1 Å². The maximum atomic E-state index is 11.0. The lowest BCUT2D eigenvalue weighted by Gasteiger charge is -2.27. The van der Waals surface area contributed by atoms with Gasteiger partial charge in [-0.2, -0.15) is 0 Å². The Kier molecular flexibility index (Phi) is 3.53. The minimum Gasteiger partial charge on any atom is -0.356 e. The molecule has 12 heavy (non-hydrogen) atoms. The fourth-order valence-electron chi connectivity index (χ4n) is 1.79. The highest BCUT2D eigenvalue weighted by Gasteiger charge is 2.23. The van der Waals surface area contributed by atoms with Crippen molar-refractivity contribution in [1.29, 1.82) is 0 Å². The van der Waals surface area contributed by atoms with Gasteiger partial charge in [0, 0.05) is 13.0 Å². The zero-order valence-electron chi connectivity index (χ0n) is 7.68. The van der Waals surface area contributed by atoms with Crippen LogP contribution >= 0.6 is 0 Å². The van der Waals surface area contributed by atoms with E-state index < -0.39 is 0 Å². The largest absolute Gasteiger partial charge is 0.356 e. The number of rotatable bonds is 3. The zero-order valence-corrected chi connectivity index (χ0v) is 7.68. The molecule has 0 bridgehead atoms. The lowest BCUT2D eigenvalue weighted by molar-refractivity contribution is -0.124. The first-order chi connectivity index (χ1) is 5.74. The van der Waals surface area contributed by atoms with Crippen LogP contribution in [0.1, 0.15) is 26.2 Å². The Morgan fingerprint density at radius 1 is 1.75 bits per heavy atom. The molecule has 1 rings (SSSR count). The van der Waals surface area contributed by atoms with Crippen LogP contribution in [0.25, 0.3) is 0 Å². The second-order valence-corrected chi connectivity index (χ2v) is 3.66. The molecule has 1 fully saturated rings. The molecule has 0 aliphatic carbocycles. The molecule has 3 N–H and O–H groups in total. The number of piperidine rings is 1. The van der Waals surface area contributed by atoms with Crippen molar-refractivity contribution in [3.05, 3.63) is 0 Å². The Bertz CT molecular complexity index is 159. The Balaban J connectivity index is 2.34. The third-order valence-corrected chi connectivity index (χ3v) is 2.71. The highest BCUT2D eigenvalue weighted by atomic mass is 16.1. The molecule has 70 valence electrons. The summed E-state index contributed by atoms with van der Waals surface area (Å²) in [6.07, 6.45) is 2.85. The van der Waals surface area contributed by atoms with Crippen molar-refractivity contribution in [2.75, 3.05) is 13.1 Å². The van der Waals surface area contributed by atoms with Gasteiger partial charge in [0.1, 0.15) is 0 Å². The zero-order chi connectivity index (χ0) is 8.97. The van der Waals surface area contributed by atoms with Gasteiger partial charge in [0.15, 0.2) is 0 Å². The van der Waals surface area contributed by atoms with Crippen molar-refractivity contribution in [2.45, 2.75) is 26.2 Å². The van der Waals surface area contributed by atoms with Crippen LogP contribution in [-0.2, 0) is 4.79 Å². The number of amides is 1. The molecule has 2 atom stereocenters. The van der Waals surface area contributed by atoms with Crippen LogP contribution in [0.5, 0.6) is 0 Å². The van der Waals surface area contributed by atoms with Gasteiger partial charge in [-0.25, -0.2) is 0 Å². The summed E-state index contributed by atoms with van der Waals surface area (Å²) in [5.41, 5.74) is 5.47. The number of nitrogens with one attached hydrogen (secondary N) is 1. The molecule has 1 heterocycles. The monoisotopic (exact) mass is 170 g/mol. The molecular formula is C9H18N2O. The molecule has 1 saturated heterocycles. The molecule has 1 aliphatic rings. The lowest BCUT2D eigenvalue weighted by Crippen LogP contribution is -2.36. The smallest absolute Gasteiger partial charge is 0.220 e. The van der Waals surface area contributed by atoms with Crippen LogP contribution in [-0.4, -0.2) is 19.0 Å². The quantitative estimate of drug-likeness (QED) is 0.648. The van der Waals surface area contributed by atoms with E-state index >= 15 is 0 Å². The summed E-state index contributed by atoms with van der Waals surface area (Å²) >= 11 is 0. The van der Waals surface area contributed by atoms with E-state index in [2.05, 4.69) is 12.2 Å². The molecule has 1 aliphatic heterocycles. The minimum atomic E-state index is 0.204. The highest BCUT2D eigenvalue weighted by molar-refractivity contribution is 5.76. The van der Waals surface area contributed by atoms with Crippen LogP contribution in [0.4, 0.5) is 0 Å². The van der Waals surface area contributed by atoms with E-state index in [0.717, 1.165) is 25.9 Å². The predicted molar refractivity (Wildman–Crippen MR) is 48.6 cm³/mol. The summed E-state index contributed by atoms with van der Waals surface area (Å²) in [6.45, 7) is 3.77. The molecule has 0 aromatic heterocycles. The second-order valence-electron chi connectivity index (χ2n) is 3.66. The van der Waals surface area contributed by atoms with Crippen LogP contribution in [0.3, 0.4) is 0 Å². The van der Waals surface area contributed by atoms with Gasteiger partial charge >= 0.3 is 0 Å². The Morgan fingerprint density at radius 3 is 3.08 bits per heavy atom. The molecule has 0 aromatic rings. The summed E-state index contributed by atoms with van der Waals surface area (Å²) in [6, 6.07) is 0. The van der Waals surface area contributed by atoms with Gasteiger partial charge in [0.2, 0.25) is 5.91 Å². The molecular weight excluding hydrogens is 152 g/mol. The molecule has 3 nitrogen and oxygen atoms in total. The number of carbonyl (C=O) groups excluding carboxylic acids is 1. The summed E-state index contributed by atoms with van der Waals surface area (Å²) in [7, 11) is 0. The van der Waals surface area contributed by atoms with Crippen molar-refractivity contribution in [3.8, 4) is 0 Å². The average molecular weight is 170 g/mol. The van der Waals surface area contributed by atoms with Crippen LogP contribution in [0, 0.1) is 11.8 Å². The van der Waals surface area contributed by atoms with E-state index in [0.29, 0.717) is 18.3 Å². The summed E-state index contributed by atoms with van der Waals surface area (Å²) < 4.78 is 0. The van der Waals surface area contributed by atoms with Crippen LogP contribution in [0.2, 0.25) is 0 Å². The van der Waals surface area contributed by atoms with E-state index in [4.69, 9.17) is 5.73 Å². The van der Waals surface area contributed by atoms with Gasteiger partial charge in [-0.05, 0) is 31.2 Å². The van der Waals surface area contributed by atoms with Gasteiger partial charge in [-0.1, -0.05) is 6.92 Å². The van der Waals surface area contributed by atoms with E-state index in [9.17, 15) is 4.79 Å². The van der Waals surface area contributed by atoms with Crippen molar-refractivity contribution >= 4 is 5.91 Å². The first kappa shape index (κ1) is 9.52. The van der Waals surface area contributed by atoms with Crippen molar-refractivity contribution in [1.82, 2.24) is 5.32 Å². The molecule has 2 unspecified atom stereocenters. The first-order valence-corrected chi connectivity index (χ1v) is 4.70.